The molecule has 1 unspecified atom stereocenters. The Morgan fingerprint density at radius 2 is 2.00 bits per heavy atom. The van der Waals surface area contributed by atoms with Gasteiger partial charge < -0.3 is 4.74 Å². The van der Waals surface area contributed by atoms with Crippen LogP contribution in [0.15, 0.2) is 30.3 Å². The molecule has 0 spiro atoms. The average Bonchev–Trinajstić information content (AvgIpc) is 2.16. The molecule has 0 N–H and O–H groups in total. The molecule has 1 rings (SSSR count). The fraction of sp³-hybridized carbons (Fsp3) is 0.400. The third kappa shape index (κ3) is 3.01. The van der Waals surface area contributed by atoms with Gasteiger partial charge in [-0.05, 0) is 5.56 Å². The summed E-state index contributed by atoms with van der Waals surface area (Å²) in [7, 11) is 0. The molecular weight excluding hydrogens is 155 g/mol. The molecule has 0 aliphatic heterocycles. The molecule has 0 aliphatic rings. The number of benzene rings is 1. The normalized spacial score (nSPS) is 12.8. The lowest BCUT2D eigenvalue weighted by Crippen LogP contribution is -2.03. The lowest BCUT2D eigenvalue weighted by atomic mass is 10.2. The van der Waals surface area contributed by atoms with Gasteiger partial charge in [0.25, 0.3) is 0 Å². The Labute approximate surface area is 72.2 Å². The molecule has 0 saturated carbocycles. The second kappa shape index (κ2) is 4.88. The minimum Gasteiger partial charge on any atom is -0.343 e. The van der Waals surface area contributed by atoms with Gasteiger partial charge in [-0.15, -0.1) is 0 Å². The molecule has 0 aliphatic carbocycles. The van der Waals surface area contributed by atoms with Crippen LogP contribution in [0.25, 0.3) is 0 Å². The number of rotatable bonds is 4. The smallest absolute Gasteiger partial charge is 0.198 e. The number of halogens is 1. The Morgan fingerprint density at radius 3 is 2.58 bits per heavy atom. The van der Waals surface area contributed by atoms with Crippen molar-refractivity contribution >= 4 is 0 Å². The fourth-order valence-electron chi connectivity index (χ4n) is 0.879. The topological polar surface area (TPSA) is 9.23 Å². The Hall–Kier alpha value is -0.890. The van der Waals surface area contributed by atoms with Crippen molar-refractivity contribution in [2.45, 2.75) is 26.3 Å². The summed E-state index contributed by atoms with van der Waals surface area (Å²) in [4.78, 5) is 0. The van der Waals surface area contributed by atoms with Crippen LogP contribution in [-0.2, 0) is 11.3 Å². The number of hydrogen-bond donors (Lipinski definition) is 0. The first-order valence-corrected chi connectivity index (χ1v) is 4.12. The lowest BCUT2D eigenvalue weighted by molar-refractivity contribution is -0.0504. The molecule has 0 fully saturated rings. The van der Waals surface area contributed by atoms with E-state index in [2.05, 4.69) is 0 Å². The van der Waals surface area contributed by atoms with Crippen LogP contribution in [-0.4, -0.2) is 6.36 Å². The Balaban J connectivity index is 2.33. The zero-order valence-corrected chi connectivity index (χ0v) is 7.16. The molecule has 0 bridgehead atoms. The van der Waals surface area contributed by atoms with E-state index in [4.69, 9.17) is 4.74 Å². The van der Waals surface area contributed by atoms with Crippen LogP contribution in [0.2, 0.25) is 0 Å². The van der Waals surface area contributed by atoms with Gasteiger partial charge in [0.05, 0.1) is 6.61 Å². The van der Waals surface area contributed by atoms with Gasteiger partial charge in [-0.2, -0.15) is 0 Å². The summed E-state index contributed by atoms with van der Waals surface area (Å²) in [5.74, 6) is 0. The fourth-order valence-corrected chi connectivity index (χ4v) is 0.879. The third-order valence-corrected chi connectivity index (χ3v) is 1.59. The Morgan fingerprint density at radius 1 is 1.33 bits per heavy atom. The van der Waals surface area contributed by atoms with Crippen molar-refractivity contribution in [1.29, 1.82) is 0 Å². The second-order valence-electron chi connectivity index (χ2n) is 2.61. The van der Waals surface area contributed by atoms with Crippen molar-refractivity contribution in [2.75, 3.05) is 0 Å². The molecule has 0 aromatic heterocycles. The second-order valence-corrected chi connectivity index (χ2v) is 2.61. The third-order valence-electron chi connectivity index (χ3n) is 1.59. The molecule has 0 saturated heterocycles. The van der Waals surface area contributed by atoms with Crippen molar-refractivity contribution in [1.82, 2.24) is 0 Å². The zero-order chi connectivity index (χ0) is 8.81. The summed E-state index contributed by atoms with van der Waals surface area (Å²) in [6, 6.07) is 9.59. The number of ether oxygens (including phenoxy) is 1. The maximum absolute atomic E-state index is 12.6. The Kier molecular flexibility index (Phi) is 3.74. The maximum atomic E-state index is 12.6. The summed E-state index contributed by atoms with van der Waals surface area (Å²) in [6.07, 6.45) is -0.725. The largest absolute Gasteiger partial charge is 0.343 e. The van der Waals surface area contributed by atoms with Crippen LogP contribution in [0, 0.1) is 0 Å². The van der Waals surface area contributed by atoms with Crippen molar-refractivity contribution in [2.24, 2.45) is 0 Å². The highest BCUT2D eigenvalue weighted by Gasteiger charge is 2.01. The van der Waals surface area contributed by atoms with Crippen LogP contribution < -0.4 is 0 Å². The van der Waals surface area contributed by atoms with E-state index in [1.54, 1.807) is 6.92 Å². The molecule has 1 aromatic carbocycles. The molecule has 0 amide bonds. The molecule has 1 nitrogen and oxygen atoms in total. The molecular formula is C10H13FO. The van der Waals surface area contributed by atoms with Crippen molar-refractivity contribution in [3.05, 3.63) is 35.9 Å². The van der Waals surface area contributed by atoms with E-state index >= 15 is 0 Å². The van der Waals surface area contributed by atoms with E-state index in [9.17, 15) is 4.39 Å². The van der Waals surface area contributed by atoms with E-state index in [0.717, 1.165) is 5.56 Å². The van der Waals surface area contributed by atoms with Crippen molar-refractivity contribution in [3.63, 3.8) is 0 Å². The highest BCUT2D eigenvalue weighted by molar-refractivity contribution is 5.13. The van der Waals surface area contributed by atoms with Gasteiger partial charge in [-0.3, -0.25) is 0 Å². The lowest BCUT2D eigenvalue weighted by Gasteiger charge is -2.06. The van der Waals surface area contributed by atoms with E-state index in [1.807, 2.05) is 30.3 Å². The first-order chi connectivity index (χ1) is 5.83. The monoisotopic (exact) mass is 168 g/mol. The summed E-state index contributed by atoms with van der Waals surface area (Å²) in [5, 5.41) is 0. The van der Waals surface area contributed by atoms with Gasteiger partial charge in [0.2, 0.25) is 0 Å². The summed E-state index contributed by atoms with van der Waals surface area (Å²) < 4.78 is 17.5. The van der Waals surface area contributed by atoms with Crippen molar-refractivity contribution < 1.29 is 9.13 Å². The maximum Gasteiger partial charge on any atom is 0.198 e. The van der Waals surface area contributed by atoms with Crippen LogP contribution >= 0.6 is 0 Å². The molecule has 0 radical (unpaired) electrons. The van der Waals surface area contributed by atoms with E-state index in [-0.39, 0.29) is 0 Å². The quantitative estimate of drug-likeness (QED) is 0.671. The van der Waals surface area contributed by atoms with E-state index < -0.39 is 6.36 Å². The van der Waals surface area contributed by atoms with Gasteiger partial charge in [0.15, 0.2) is 6.36 Å². The van der Waals surface area contributed by atoms with Crippen LogP contribution in [0.5, 0.6) is 0 Å². The first-order valence-electron chi connectivity index (χ1n) is 4.12. The predicted molar refractivity (Wildman–Crippen MR) is 46.4 cm³/mol. The van der Waals surface area contributed by atoms with E-state index in [0.29, 0.717) is 13.0 Å². The predicted octanol–water partition coefficient (Wildman–Crippen LogP) is 2.91. The van der Waals surface area contributed by atoms with E-state index in [1.165, 1.54) is 0 Å². The van der Waals surface area contributed by atoms with Crippen LogP contribution in [0.4, 0.5) is 4.39 Å². The number of alkyl halides is 1. The summed E-state index contributed by atoms with van der Waals surface area (Å²) >= 11 is 0. The highest BCUT2D eigenvalue weighted by atomic mass is 19.1. The Bertz CT molecular complexity index is 210. The van der Waals surface area contributed by atoms with Crippen LogP contribution in [0.3, 0.4) is 0 Å². The van der Waals surface area contributed by atoms with Gasteiger partial charge in [-0.1, -0.05) is 37.3 Å². The SMILES string of the molecule is CCC(F)OCc1ccccc1. The average molecular weight is 168 g/mol. The minimum atomic E-state index is -1.13. The zero-order valence-electron chi connectivity index (χ0n) is 7.16. The molecule has 1 aromatic rings. The number of hydrogen-bond acceptors (Lipinski definition) is 1. The van der Waals surface area contributed by atoms with Gasteiger partial charge >= 0.3 is 0 Å². The minimum absolute atomic E-state index is 0.357. The summed E-state index contributed by atoms with van der Waals surface area (Å²) in [6.45, 7) is 2.12. The molecule has 1 atom stereocenters. The van der Waals surface area contributed by atoms with Crippen molar-refractivity contribution in [3.8, 4) is 0 Å². The molecule has 66 valence electrons. The molecule has 0 heterocycles. The standard InChI is InChI=1S/C10H13FO/c1-2-10(11)12-8-9-6-4-3-5-7-9/h3-7,10H,2,8H2,1H3. The van der Waals surface area contributed by atoms with Crippen LogP contribution in [0.1, 0.15) is 18.9 Å². The highest BCUT2D eigenvalue weighted by Crippen LogP contribution is 2.05. The van der Waals surface area contributed by atoms with Gasteiger partial charge in [0, 0.05) is 6.42 Å². The molecule has 2 heteroatoms. The summed E-state index contributed by atoms with van der Waals surface area (Å²) in [5.41, 5.74) is 1.01. The molecule has 12 heavy (non-hydrogen) atoms. The van der Waals surface area contributed by atoms with Gasteiger partial charge in [-0.25, -0.2) is 4.39 Å². The first kappa shape index (κ1) is 9.20. The van der Waals surface area contributed by atoms with Gasteiger partial charge in [0.1, 0.15) is 0 Å².